The number of rotatable bonds is 5. The molecule has 5 nitrogen and oxygen atoms in total. The Kier molecular flexibility index (Phi) is 4.28. The van der Waals surface area contributed by atoms with Gasteiger partial charge in [-0.1, -0.05) is 19.9 Å². The molecule has 0 aliphatic rings. The van der Waals surface area contributed by atoms with Crippen molar-refractivity contribution in [3.05, 3.63) is 48.8 Å². The highest BCUT2D eigenvalue weighted by molar-refractivity contribution is 5.76. The van der Waals surface area contributed by atoms with Crippen molar-refractivity contribution in [3.8, 4) is 0 Å². The number of nitrogens with one attached hydrogen (secondary N) is 1. The van der Waals surface area contributed by atoms with E-state index in [9.17, 15) is 4.79 Å². The zero-order chi connectivity index (χ0) is 13.7. The number of hydrogen-bond donors (Lipinski definition) is 1. The van der Waals surface area contributed by atoms with Gasteiger partial charge in [-0.25, -0.2) is 4.98 Å². The molecule has 1 amide bonds. The summed E-state index contributed by atoms with van der Waals surface area (Å²) in [6.07, 6.45) is 8.59. The van der Waals surface area contributed by atoms with Crippen molar-refractivity contribution in [1.29, 1.82) is 0 Å². The maximum atomic E-state index is 12.0. The second kappa shape index (κ2) is 6.13. The van der Waals surface area contributed by atoms with Crippen molar-refractivity contribution in [2.24, 2.45) is 5.92 Å². The van der Waals surface area contributed by atoms with Crippen LogP contribution in [0.5, 0.6) is 0 Å². The summed E-state index contributed by atoms with van der Waals surface area (Å²) in [5.74, 6) is 0.275. The molecule has 0 spiro atoms. The fourth-order valence-corrected chi connectivity index (χ4v) is 1.96. The first-order valence-electron chi connectivity index (χ1n) is 6.32. The quantitative estimate of drug-likeness (QED) is 0.889. The highest BCUT2D eigenvalue weighted by Gasteiger charge is 2.18. The second-order valence-corrected chi connectivity index (χ2v) is 4.81. The van der Waals surface area contributed by atoms with Gasteiger partial charge in [0.1, 0.15) is 6.54 Å². The molecule has 0 bridgehead atoms. The van der Waals surface area contributed by atoms with Gasteiger partial charge in [0.2, 0.25) is 5.91 Å². The van der Waals surface area contributed by atoms with Gasteiger partial charge in [-0.15, -0.1) is 0 Å². The second-order valence-electron chi connectivity index (χ2n) is 4.81. The minimum atomic E-state index is -0.0273. The van der Waals surface area contributed by atoms with Crippen LogP contribution in [0.15, 0.2) is 43.2 Å². The largest absolute Gasteiger partial charge is 0.347 e. The van der Waals surface area contributed by atoms with Gasteiger partial charge in [0.15, 0.2) is 0 Å². The van der Waals surface area contributed by atoms with Crippen LogP contribution >= 0.6 is 0 Å². The van der Waals surface area contributed by atoms with Crippen LogP contribution in [0.3, 0.4) is 0 Å². The minimum Gasteiger partial charge on any atom is -0.347 e. The summed E-state index contributed by atoms with van der Waals surface area (Å²) in [6, 6.07) is 3.84. The highest BCUT2D eigenvalue weighted by Crippen LogP contribution is 2.20. The average molecular weight is 258 g/mol. The Morgan fingerprint density at radius 2 is 2.21 bits per heavy atom. The molecule has 2 rings (SSSR count). The predicted octanol–water partition coefficient (Wildman–Crippen LogP) is 1.79. The Morgan fingerprint density at radius 1 is 1.37 bits per heavy atom. The lowest BCUT2D eigenvalue weighted by Crippen LogP contribution is -2.34. The van der Waals surface area contributed by atoms with Crippen LogP contribution in [-0.4, -0.2) is 20.4 Å². The monoisotopic (exact) mass is 258 g/mol. The molecule has 0 aromatic carbocycles. The molecule has 1 atom stereocenters. The van der Waals surface area contributed by atoms with Crippen LogP contribution in [0.4, 0.5) is 0 Å². The molecule has 0 saturated carbocycles. The van der Waals surface area contributed by atoms with Crippen molar-refractivity contribution in [1.82, 2.24) is 19.9 Å². The van der Waals surface area contributed by atoms with E-state index >= 15 is 0 Å². The molecular formula is C14H18N4O. The van der Waals surface area contributed by atoms with Crippen LogP contribution in [0.1, 0.15) is 25.5 Å². The maximum absolute atomic E-state index is 12.0. The molecule has 5 heteroatoms. The molecule has 1 N–H and O–H groups in total. The zero-order valence-corrected chi connectivity index (χ0v) is 11.2. The fourth-order valence-electron chi connectivity index (χ4n) is 1.96. The molecule has 0 aliphatic carbocycles. The molecule has 2 heterocycles. The Bertz CT molecular complexity index is 508. The Morgan fingerprint density at radius 3 is 2.79 bits per heavy atom. The number of carbonyl (C=O) groups excluding carboxylic acids is 1. The summed E-state index contributed by atoms with van der Waals surface area (Å²) in [7, 11) is 0. The fraction of sp³-hybridized carbons (Fsp3) is 0.357. The highest BCUT2D eigenvalue weighted by atomic mass is 16.2. The molecule has 2 aromatic rings. The molecule has 0 radical (unpaired) electrons. The summed E-state index contributed by atoms with van der Waals surface area (Å²) < 4.78 is 1.75. The van der Waals surface area contributed by atoms with Crippen LogP contribution < -0.4 is 5.32 Å². The first kappa shape index (κ1) is 13.3. The third-order valence-electron chi connectivity index (χ3n) is 2.91. The summed E-state index contributed by atoms with van der Waals surface area (Å²) in [5, 5.41) is 3.04. The average Bonchev–Trinajstić information content (AvgIpc) is 2.89. The van der Waals surface area contributed by atoms with E-state index in [-0.39, 0.29) is 18.5 Å². The normalized spacial score (nSPS) is 12.4. The first-order chi connectivity index (χ1) is 9.16. The molecule has 19 heavy (non-hydrogen) atoms. The minimum absolute atomic E-state index is 0.0234. The smallest absolute Gasteiger partial charge is 0.240 e. The van der Waals surface area contributed by atoms with E-state index in [1.807, 2.05) is 12.1 Å². The summed E-state index contributed by atoms with van der Waals surface area (Å²) in [5.41, 5.74) is 1.02. The Balaban J connectivity index is 2.03. The van der Waals surface area contributed by atoms with Gasteiger partial charge >= 0.3 is 0 Å². The molecule has 0 fully saturated rings. The van der Waals surface area contributed by atoms with Crippen LogP contribution in [0, 0.1) is 5.92 Å². The number of hydrogen-bond acceptors (Lipinski definition) is 3. The summed E-state index contributed by atoms with van der Waals surface area (Å²) in [6.45, 7) is 4.44. The standard InChI is InChI=1S/C14H18N4O/c1-11(2)14(12-4-3-5-15-8-12)17-13(19)9-18-7-6-16-10-18/h3-8,10-11,14H,9H2,1-2H3,(H,17,19). The van der Waals surface area contributed by atoms with E-state index in [1.165, 1.54) is 0 Å². The third-order valence-corrected chi connectivity index (χ3v) is 2.91. The number of amides is 1. The van der Waals surface area contributed by atoms with Crippen molar-refractivity contribution >= 4 is 5.91 Å². The molecule has 2 aromatic heterocycles. The molecule has 100 valence electrons. The van der Waals surface area contributed by atoms with E-state index in [0.29, 0.717) is 5.92 Å². The number of carbonyl (C=O) groups is 1. The van der Waals surface area contributed by atoms with Crippen molar-refractivity contribution in [2.75, 3.05) is 0 Å². The Hall–Kier alpha value is -2.17. The first-order valence-corrected chi connectivity index (χ1v) is 6.32. The van der Waals surface area contributed by atoms with Gasteiger partial charge in [-0.05, 0) is 17.5 Å². The van der Waals surface area contributed by atoms with Gasteiger partial charge in [0.25, 0.3) is 0 Å². The molecule has 0 saturated heterocycles. The van der Waals surface area contributed by atoms with Crippen molar-refractivity contribution < 1.29 is 4.79 Å². The molecule has 0 aliphatic heterocycles. The van der Waals surface area contributed by atoms with E-state index in [2.05, 4.69) is 29.1 Å². The van der Waals surface area contributed by atoms with Gasteiger partial charge in [-0.3, -0.25) is 9.78 Å². The number of pyridine rings is 1. The lowest BCUT2D eigenvalue weighted by molar-refractivity contribution is -0.122. The van der Waals surface area contributed by atoms with Crippen molar-refractivity contribution in [3.63, 3.8) is 0 Å². The van der Waals surface area contributed by atoms with Gasteiger partial charge < -0.3 is 9.88 Å². The van der Waals surface area contributed by atoms with Gasteiger partial charge in [0.05, 0.1) is 12.4 Å². The lowest BCUT2D eigenvalue weighted by Gasteiger charge is -2.22. The van der Waals surface area contributed by atoms with Crippen LogP contribution in [0.25, 0.3) is 0 Å². The predicted molar refractivity (Wildman–Crippen MR) is 72.2 cm³/mol. The molecular weight excluding hydrogens is 240 g/mol. The molecule has 1 unspecified atom stereocenters. The van der Waals surface area contributed by atoms with E-state index in [1.54, 1.807) is 35.7 Å². The van der Waals surface area contributed by atoms with E-state index in [0.717, 1.165) is 5.56 Å². The maximum Gasteiger partial charge on any atom is 0.240 e. The topological polar surface area (TPSA) is 59.8 Å². The number of aromatic nitrogens is 3. The van der Waals surface area contributed by atoms with Gasteiger partial charge in [0, 0.05) is 24.8 Å². The number of imidazole rings is 1. The summed E-state index contributed by atoms with van der Waals surface area (Å²) >= 11 is 0. The lowest BCUT2D eigenvalue weighted by atomic mass is 9.97. The van der Waals surface area contributed by atoms with Gasteiger partial charge in [-0.2, -0.15) is 0 Å². The van der Waals surface area contributed by atoms with E-state index < -0.39 is 0 Å². The Labute approximate surface area is 112 Å². The third kappa shape index (κ3) is 3.64. The van der Waals surface area contributed by atoms with E-state index in [4.69, 9.17) is 0 Å². The summed E-state index contributed by atoms with van der Waals surface area (Å²) in [4.78, 5) is 20.0. The number of nitrogens with zero attached hydrogens (tertiary/aromatic N) is 3. The van der Waals surface area contributed by atoms with Crippen molar-refractivity contribution in [2.45, 2.75) is 26.4 Å². The SMILES string of the molecule is CC(C)C(NC(=O)Cn1ccnc1)c1cccnc1. The van der Waals surface area contributed by atoms with Crippen LogP contribution in [-0.2, 0) is 11.3 Å². The van der Waals surface area contributed by atoms with Crippen LogP contribution in [0.2, 0.25) is 0 Å². The zero-order valence-electron chi connectivity index (χ0n) is 11.2.